The van der Waals surface area contributed by atoms with Crippen molar-refractivity contribution in [2.75, 3.05) is 19.8 Å². The molecule has 1 aromatic carbocycles. The predicted octanol–water partition coefficient (Wildman–Crippen LogP) is 1.61. The molecule has 1 aliphatic heterocycles. The maximum atomic E-state index is 13.7. The van der Waals surface area contributed by atoms with Crippen LogP contribution in [0.5, 0.6) is 0 Å². The number of carbonyl (C=O) groups excluding carboxylic acids is 2. The standard InChI is InChI=1S/C20H27FN2O5/c1-13(2)10-16(18(25)26)23-17(24)12-22-19(27)20(6-8-28-9-7-20)14-4-3-5-15(21)11-14/h3-5,11,13,16H,6-10,12H2,1-2H3,(H,22,27)(H,23,24)(H,25,26)/t16-/m0/s1. The zero-order valence-corrected chi connectivity index (χ0v) is 16.2. The summed E-state index contributed by atoms with van der Waals surface area (Å²) in [5, 5.41) is 14.2. The first-order valence-electron chi connectivity index (χ1n) is 9.39. The molecule has 0 aliphatic carbocycles. The number of amides is 2. The van der Waals surface area contributed by atoms with Crippen LogP contribution in [-0.4, -0.2) is 48.7 Å². The molecule has 2 rings (SSSR count). The van der Waals surface area contributed by atoms with Crippen molar-refractivity contribution in [2.45, 2.75) is 44.6 Å². The van der Waals surface area contributed by atoms with Gasteiger partial charge < -0.3 is 20.5 Å². The van der Waals surface area contributed by atoms with Gasteiger partial charge in [-0.25, -0.2) is 9.18 Å². The average Bonchev–Trinajstić information content (AvgIpc) is 2.65. The molecule has 0 bridgehead atoms. The number of ether oxygens (including phenoxy) is 1. The molecule has 0 spiro atoms. The first-order valence-corrected chi connectivity index (χ1v) is 9.39. The van der Waals surface area contributed by atoms with Crippen LogP contribution in [0.2, 0.25) is 0 Å². The molecule has 8 heteroatoms. The van der Waals surface area contributed by atoms with Crippen molar-refractivity contribution in [3.8, 4) is 0 Å². The molecule has 154 valence electrons. The van der Waals surface area contributed by atoms with E-state index >= 15 is 0 Å². The summed E-state index contributed by atoms with van der Waals surface area (Å²) < 4.78 is 19.1. The maximum Gasteiger partial charge on any atom is 0.326 e. The first-order chi connectivity index (χ1) is 13.2. The Morgan fingerprint density at radius 2 is 1.93 bits per heavy atom. The van der Waals surface area contributed by atoms with E-state index in [0.29, 0.717) is 38.0 Å². The lowest BCUT2D eigenvalue weighted by atomic mass is 9.73. The van der Waals surface area contributed by atoms with Gasteiger partial charge >= 0.3 is 5.97 Å². The van der Waals surface area contributed by atoms with E-state index in [0.717, 1.165) is 0 Å². The number of rotatable bonds is 8. The van der Waals surface area contributed by atoms with Gasteiger partial charge in [0, 0.05) is 13.2 Å². The molecular weight excluding hydrogens is 367 g/mol. The van der Waals surface area contributed by atoms with E-state index in [-0.39, 0.29) is 12.5 Å². The quantitative estimate of drug-likeness (QED) is 0.621. The monoisotopic (exact) mass is 394 g/mol. The lowest BCUT2D eigenvalue weighted by Gasteiger charge is -2.36. The van der Waals surface area contributed by atoms with Crippen LogP contribution in [0.25, 0.3) is 0 Å². The molecule has 0 radical (unpaired) electrons. The SMILES string of the molecule is CC(C)C[C@H](NC(=O)CNC(=O)C1(c2cccc(F)c2)CCOCC1)C(=O)O. The van der Waals surface area contributed by atoms with Gasteiger partial charge in [0.05, 0.1) is 12.0 Å². The van der Waals surface area contributed by atoms with Crippen molar-refractivity contribution in [3.63, 3.8) is 0 Å². The van der Waals surface area contributed by atoms with E-state index in [1.807, 2.05) is 13.8 Å². The molecular formula is C20H27FN2O5. The summed E-state index contributed by atoms with van der Waals surface area (Å²) in [5.41, 5.74) is -0.443. The summed E-state index contributed by atoms with van der Waals surface area (Å²) in [5.74, 6) is -2.44. The largest absolute Gasteiger partial charge is 0.480 e. The Morgan fingerprint density at radius 1 is 1.25 bits per heavy atom. The van der Waals surface area contributed by atoms with E-state index in [4.69, 9.17) is 4.74 Å². The summed E-state index contributed by atoms with van der Waals surface area (Å²) in [6.07, 6.45) is 1.03. The van der Waals surface area contributed by atoms with Crippen LogP contribution in [0, 0.1) is 11.7 Å². The Hall–Kier alpha value is -2.48. The van der Waals surface area contributed by atoms with E-state index in [9.17, 15) is 23.9 Å². The molecule has 1 atom stereocenters. The first kappa shape index (κ1) is 21.8. The summed E-state index contributed by atoms with van der Waals surface area (Å²) in [7, 11) is 0. The number of carboxylic acid groups (broad SMARTS) is 1. The number of halogens is 1. The number of carboxylic acids is 1. The molecule has 1 fully saturated rings. The third-order valence-electron chi connectivity index (χ3n) is 4.91. The van der Waals surface area contributed by atoms with Crippen LogP contribution in [0.15, 0.2) is 24.3 Å². The van der Waals surface area contributed by atoms with Crippen LogP contribution < -0.4 is 10.6 Å². The highest BCUT2D eigenvalue weighted by molar-refractivity contribution is 5.92. The van der Waals surface area contributed by atoms with Crippen LogP contribution in [0.3, 0.4) is 0 Å². The number of hydrogen-bond acceptors (Lipinski definition) is 4. The molecule has 28 heavy (non-hydrogen) atoms. The van der Waals surface area contributed by atoms with Gasteiger partial charge in [-0.3, -0.25) is 9.59 Å². The van der Waals surface area contributed by atoms with Gasteiger partial charge in [0.1, 0.15) is 11.9 Å². The number of benzene rings is 1. The van der Waals surface area contributed by atoms with Crippen molar-refractivity contribution in [3.05, 3.63) is 35.6 Å². The fraction of sp³-hybridized carbons (Fsp3) is 0.550. The average molecular weight is 394 g/mol. The van der Waals surface area contributed by atoms with E-state index in [1.165, 1.54) is 12.1 Å². The van der Waals surface area contributed by atoms with E-state index < -0.39 is 35.1 Å². The van der Waals surface area contributed by atoms with Crippen molar-refractivity contribution in [1.29, 1.82) is 0 Å². The molecule has 1 saturated heterocycles. The second-order valence-corrected chi connectivity index (χ2v) is 7.48. The molecule has 2 amide bonds. The van der Waals surface area contributed by atoms with Crippen molar-refractivity contribution in [2.24, 2.45) is 5.92 Å². The van der Waals surface area contributed by atoms with Crippen molar-refractivity contribution < 1.29 is 28.6 Å². The molecule has 7 nitrogen and oxygen atoms in total. The Balaban J connectivity index is 2.06. The molecule has 1 heterocycles. The van der Waals surface area contributed by atoms with Gasteiger partial charge in [-0.2, -0.15) is 0 Å². The summed E-state index contributed by atoms with van der Waals surface area (Å²) in [6.45, 7) is 4.07. The van der Waals surface area contributed by atoms with Crippen LogP contribution in [0.4, 0.5) is 4.39 Å². The smallest absolute Gasteiger partial charge is 0.326 e. The minimum Gasteiger partial charge on any atom is -0.480 e. The van der Waals surface area contributed by atoms with Gasteiger partial charge in [-0.05, 0) is 42.9 Å². The number of aliphatic carboxylic acids is 1. The van der Waals surface area contributed by atoms with Gasteiger partial charge in [-0.1, -0.05) is 26.0 Å². The van der Waals surface area contributed by atoms with Gasteiger partial charge in [0.25, 0.3) is 0 Å². The zero-order valence-electron chi connectivity index (χ0n) is 16.2. The van der Waals surface area contributed by atoms with Crippen molar-refractivity contribution >= 4 is 17.8 Å². The lowest BCUT2D eigenvalue weighted by molar-refractivity contribution is -0.142. The normalized spacial score (nSPS) is 17.0. The Bertz CT molecular complexity index is 716. The second-order valence-electron chi connectivity index (χ2n) is 7.48. The predicted molar refractivity (Wildman–Crippen MR) is 100 cm³/mol. The molecule has 0 unspecified atom stereocenters. The molecule has 0 aromatic heterocycles. The topological polar surface area (TPSA) is 105 Å². The fourth-order valence-corrected chi connectivity index (χ4v) is 3.42. The molecule has 1 aliphatic rings. The number of carbonyl (C=O) groups is 3. The Kier molecular flexibility index (Phi) is 7.51. The number of hydrogen-bond donors (Lipinski definition) is 3. The molecule has 1 aromatic rings. The summed E-state index contributed by atoms with van der Waals surface area (Å²) >= 11 is 0. The Morgan fingerprint density at radius 3 is 2.50 bits per heavy atom. The minimum atomic E-state index is -1.12. The fourth-order valence-electron chi connectivity index (χ4n) is 3.42. The van der Waals surface area contributed by atoms with Crippen LogP contribution in [-0.2, 0) is 24.5 Å². The van der Waals surface area contributed by atoms with Gasteiger partial charge in [0.15, 0.2) is 0 Å². The minimum absolute atomic E-state index is 0.0921. The van der Waals surface area contributed by atoms with Gasteiger partial charge in [-0.15, -0.1) is 0 Å². The van der Waals surface area contributed by atoms with Gasteiger partial charge in [0.2, 0.25) is 11.8 Å². The molecule has 0 saturated carbocycles. The summed E-state index contributed by atoms with van der Waals surface area (Å²) in [6, 6.07) is 4.86. The highest BCUT2D eigenvalue weighted by Gasteiger charge is 2.42. The Labute approximate surface area is 163 Å². The van der Waals surface area contributed by atoms with Crippen LogP contribution >= 0.6 is 0 Å². The number of nitrogens with one attached hydrogen (secondary N) is 2. The lowest BCUT2D eigenvalue weighted by Crippen LogP contribution is -2.52. The zero-order chi connectivity index (χ0) is 20.7. The van der Waals surface area contributed by atoms with Crippen LogP contribution in [0.1, 0.15) is 38.7 Å². The third kappa shape index (κ3) is 5.51. The second kappa shape index (κ2) is 9.64. The third-order valence-corrected chi connectivity index (χ3v) is 4.91. The van der Waals surface area contributed by atoms with E-state index in [1.54, 1.807) is 12.1 Å². The van der Waals surface area contributed by atoms with E-state index in [2.05, 4.69) is 10.6 Å². The highest BCUT2D eigenvalue weighted by Crippen LogP contribution is 2.35. The van der Waals surface area contributed by atoms with Crippen molar-refractivity contribution in [1.82, 2.24) is 10.6 Å². The summed E-state index contributed by atoms with van der Waals surface area (Å²) in [4.78, 5) is 36.4. The molecule has 3 N–H and O–H groups in total. The maximum absolute atomic E-state index is 13.7. The highest BCUT2D eigenvalue weighted by atomic mass is 19.1.